The standard InChI is InChI=1S/C16H21N3O/c1-13-6-2-3-8-16(13)19-11-15(10-18-19)20-12-14-7-4-5-9-17-14/h2-3,6,8,10-11,14,17H,4-5,7,9,12H2,1H3. The molecule has 1 fully saturated rings. The smallest absolute Gasteiger partial charge is 0.157 e. The van der Waals surface area contributed by atoms with Crippen LogP contribution in [0, 0.1) is 6.92 Å². The van der Waals surface area contributed by atoms with Crippen LogP contribution < -0.4 is 10.1 Å². The van der Waals surface area contributed by atoms with Gasteiger partial charge in [-0.15, -0.1) is 0 Å². The van der Waals surface area contributed by atoms with E-state index in [9.17, 15) is 0 Å². The van der Waals surface area contributed by atoms with E-state index < -0.39 is 0 Å². The van der Waals surface area contributed by atoms with Crippen LogP contribution in [0.2, 0.25) is 0 Å². The second-order valence-corrected chi connectivity index (χ2v) is 5.36. The lowest BCUT2D eigenvalue weighted by molar-refractivity contribution is 0.239. The zero-order valence-electron chi connectivity index (χ0n) is 11.9. The average molecular weight is 271 g/mol. The van der Waals surface area contributed by atoms with E-state index >= 15 is 0 Å². The van der Waals surface area contributed by atoms with Crippen LogP contribution in [0.4, 0.5) is 0 Å². The third-order valence-corrected chi connectivity index (χ3v) is 3.78. The first-order valence-electron chi connectivity index (χ1n) is 7.30. The van der Waals surface area contributed by atoms with E-state index in [2.05, 4.69) is 29.5 Å². The Morgan fingerprint density at radius 2 is 2.25 bits per heavy atom. The summed E-state index contributed by atoms with van der Waals surface area (Å²) in [6.07, 6.45) is 7.51. The molecule has 1 saturated heterocycles. The highest BCUT2D eigenvalue weighted by atomic mass is 16.5. The molecule has 3 rings (SSSR count). The lowest BCUT2D eigenvalue weighted by atomic mass is 10.1. The molecule has 1 aliphatic heterocycles. The van der Waals surface area contributed by atoms with Crippen molar-refractivity contribution < 1.29 is 4.74 Å². The van der Waals surface area contributed by atoms with Gasteiger partial charge in [0.05, 0.1) is 18.1 Å². The number of aromatic nitrogens is 2. The highest BCUT2D eigenvalue weighted by Gasteiger charge is 2.13. The topological polar surface area (TPSA) is 39.1 Å². The molecule has 20 heavy (non-hydrogen) atoms. The van der Waals surface area contributed by atoms with Gasteiger partial charge in [0.25, 0.3) is 0 Å². The Kier molecular flexibility index (Phi) is 4.02. The van der Waals surface area contributed by atoms with Crippen molar-refractivity contribution in [2.75, 3.05) is 13.2 Å². The van der Waals surface area contributed by atoms with Crippen molar-refractivity contribution in [3.05, 3.63) is 42.2 Å². The quantitative estimate of drug-likeness (QED) is 0.929. The Hall–Kier alpha value is -1.81. The van der Waals surface area contributed by atoms with Gasteiger partial charge in [0.1, 0.15) is 6.61 Å². The molecule has 1 aromatic carbocycles. The minimum atomic E-state index is 0.477. The van der Waals surface area contributed by atoms with E-state index in [0.717, 1.165) is 24.6 Å². The van der Waals surface area contributed by atoms with Gasteiger partial charge in [-0.05, 0) is 37.9 Å². The number of ether oxygens (including phenoxy) is 1. The molecule has 1 aliphatic rings. The van der Waals surface area contributed by atoms with E-state index in [-0.39, 0.29) is 0 Å². The Morgan fingerprint density at radius 3 is 3.05 bits per heavy atom. The van der Waals surface area contributed by atoms with Gasteiger partial charge in [0, 0.05) is 6.04 Å². The lowest BCUT2D eigenvalue weighted by Gasteiger charge is -2.22. The van der Waals surface area contributed by atoms with Crippen LogP contribution in [-0.4, -0.2) is 29.0 Å². The molecule has 0 radical (unpaired) electrons. The summed E-state index contributed by atoms with van der Waals surface area (Å²) in [7, 11) is 0. The first kappa shape index (κ1) is 13.2. The average Bonchev–Trinajstić information content (AvgIpc) is 2.95. The summed E-state index contributed by atoms with van der Waals surface area (Å²) in [5.41, 5.74) is 2.30. The van der Waals surface area contributed by atoms with Crippen LogP contribution in [-0.2, 0) is 0 Å². The summed E-state index contributed by atoms with van der Waals surface area (Å²) in [4.78, 5) is 0. The minimum Gasteiger partial charge on any atom is -0.489 e. The second-order valence-electron chi connectivity index (χ2n) is 5.36. The molecule has 0 saturated carbocycles. The third-order valence-electron chi connectivity index (χ3n) is 3.78. The molecule has 4 heteroatoms. The molecule has 1 N–H and O–H groups in total. The van der Waals surface area contributed by atoms with Gasteiger partial charge in [-0.2, -0.15) is 5.10 Å². The van der Waals surface area contributed by atoms with Gasteiger partial charge in [-0.3, -0.25) is 0 Å². The highest BCUT2D eigenvalue weighted by Crippen LogP contribution is 2.17. The van der Waals surface area contributed by atoms with Gasteiger partial charge >= 0.3 is 0 Å². The first-order chi connectivity index (χ1) is 9.83. The van der Waals surface area contributed by atoms with Gasteiger partial charge in [-0.25, -0.2) is 4.68 Å². The zero-order valence-corrected chi connectivity index (χ0v) is 11.9. The van der Waals surface area contributed by atoms with Crippen molar-refractivity contribution in [2.45, 2.75) is 32.2 Å². The Labute approximate surface area is 119 Å². The fourth-order valence-electron chi connectivity index (χ4n) is 2.60. The molecule has 106 valence electrons. The van der Waals surface area contributed by atoms with Crippen LogP contribution in [0.5, 0.6) is 5.75 Å². The molecular formula is C16H21N3O. The molecule has 1 aromatic heterocycles. The number of para-hydroxylation sites is 1. The number of nitrogens with zero attached hydrogens (tertiary/aromatic N) is 2. The number of hydrogen-bond acceptors (Lipinski definition) is 3. The molecule has 2 heterocycles. The summed E-state index contributed by atoms with van der Waals surface area (Å²) in [6, 6.07) is 8.69. The Morgan fingerprint density at radius 1 is 1.35 bits per heavy atom. The van der Waals surface area contributed by atoms with E-state index in [1.807, 2.05) is 23.0 Å². The van der Waals surface area contributed by atoms with Crippen LogP contribution >= 0.6 is 0 Å². The van der Waals surface area contributed by atoms with E-state index in [1.165, 1.54) is 24.8 Å². The molecule has 0 spiro atoms. The maximum Gasteiger partial charge on any atom is 0.157 e. The van der Waals surface area contributed by atoms with Gasteiger partial charge in [-0.1, -0.05) is 24.6 Å². The maximum absolute atomic E-state index is 5.84. The fraction of sp³-hybridized carbons (Fsp3) is 0.438. The lowest BCUT2D eigenvalue weighted by Crippen LogP contribution is -2.38. The number of rotatable bonds is 4. The third kappa shape index (κ3) is 3.02. The SMILES string of the molecule is Cc1ccccc1-n1cc(OCC2CCCCN2)cn1. The van der Waals surface area contributed by atoms with Gasteiger partial charge in [0.15, 0.2) is 5.75 Å². The van der Waals surface area contributed by atoms with Crippen LogP contribution in [0.15, 0.2) is 36.7 Å². The maximum atomic E-state index is 5.84. The molecule has 4 nitrogen and oxygen atoms in total. The van der Waals surface area contributed by atoms with Crippen LogP contribution in [0.1, 0.15) is 24.8 Å². The molecule has 2 aromatic rings. The predicted molar refractivity (Wildman–Crippen MR) is 79.4 cm³/mol. The Bertz CT molecular complexity index is 558. The number of benzene rings is 1. The summed E-state index contributed by atoms with van der Waals surface area (Å²) in [5, 5.41) is 7.87. The van der Waals surface area contributed by atoms with Crippen molar-refractivity contribution in [1.82, 2.24) is 15.1 Å². The number of aryl methyl sites for hydroxylation is 1. The van der Waals surface area contributed by atoms with E-state index in [1.54, 1.807) is 6.20 Å². The molecule has 1 atom stereocenters. The molecule has 0 aliphatic carbocycles. The largest absolute Gasteiger partial charge is 0.489 e. The molecule has 1 unspecified atom stereocenters. The van der Waals surface area contributed by atoms with Crippen molar-refractivity contribution in [3.8, 4) is 11.4 Å². The predicted octanol–water partition coefficient (Wildman–Crippen LogP) is 2.70. The highest BCUT2D eigenvalue weighted by molar-refractivity contribution is 5.40. The van der Waals surface area contributed by atoms with Crippen molar-refractivity contribution in [2.24, 2.45) is 0 Å². The fourth-order valence-corrected chi connectivity index (χ4v) is 2.60. The normalized spacial score (nSPS) is 18.9. The molecular weight excluding hydrogens is 250 g/mol. The summed E-state index contributed by atoms with van der Waals surface area (Å²) < 4.78 is 7.72. The Balaban J connectivity index is 1.63. The molecule has 0 bridgehead atoms. The summed E-state index contributed by atoms with van der Waals surface area (Å²) in [6.45, 7) is 3.92. The van der Waals surface area contributed by atoms with Crippen molar-refractivity contribution >= 4 is 0 Å². The number of hydrogen-bond donors (Lipinski definition) is 1. The van der Waals surface area contributed by atoms with E-state index in [0.29, 0.717) is 6.04 Å². The van der Waals surface area contributed by atoms with Crippen molar-refractivity contribution in [3.63, 3.8) is 0 Å². The van der Waals surface area contributed by atoms with Gasteiger partial charge in [0.2, 0.25) is 0 Å². The van der Waals surface area contributed by atoms with Gasteiger partial charge < -0.3 is 10.1 Å². The van der Waals surface area contributed by atoms with Crippen LogP contribution in [0.25, 0.3) is 5.69 Å². The minimum absolute atomic E-state index is 0.477. The van der Waals surface area contributed by atoms with E-state index in [4.69, 9.17) is 4.74 Å². The second kappa shape index (κ2) is 6.09. The summed E-state index contributed by atoms with van der Waals surface area (Å²) >= 11 is 0. The molecule has 0 amide bonds. The number of nitrogens with one attached hydrogen (secondary N) is 1. The zero-order chi connectivity index (χ0) is 13.8. The first-order valence-corrected chi connectivity index (χ1v) is 7.30. The number of piperidine rings is 1. The summed E-state index contributed by atoms with van der Waals surface area (Å²) in [5.74, 6) is 0.834. The monoisotopic (exact) mass is 271 g/mol. The van der Waals surface area contributed by atoms with Crippen molar-refractivity contribution in [1.29, 1.82) is 0 Å². The van der Waals surface area contributed by atoms with Crippen LogP contribution in [0.3, 0.4) is 0 Å².